The van der Waals surface area contributed by atoms with Crippen LogP contribution < -0.4 is 5.32 Å². The van der Waals surface area contributed by atoms with Crippen molar-refractivity contribution < 1.29 is 4.79 Å². The van der Waals surface area contributed by atoms with Gasteiger partial charge in [-0.3, -0.25) is 4.79 Å². The molecule has 1 saturated carbocycles. The van der Waals surface area contributed by atoms with Gasteiger partial charge in [-0.2, -0.15) is 0 Å². The molecule has 0 spiro atoms. The average molecular weight is 262 g/mol. The Morgan fingerprint density at radius 3 is 2.78 bits per heavy atom. The molecule has 0 unspecified atom stereocenters. The van der Waals surface area contributed by atoms with Crippen molar-refractivity contribution in [3.05, 3.63) is 34.9 Å². The van der Waals surface area contributed by atoms with Gasteiger partial charge in [-0.15, -0.1) is 0 Å². The standard InChI is InChI=1S/C15H16ClNO/c16-11-6-7-12-13(15(18)17-14(12)9-11)8-10-4-2-1-3-5-10/h6-10H,1-5H2,(H,17,18). The molecule has 1 fully saturated rings. The highest BCUT2D eigenvalue weighted by atomic mass is 35.5. The third-order valence-corrected chi connectivity index (χ3v) is 4.05. The van der Waals surface area contributed by atoms with Gasteiger partial charge >= 0.3 is 0 Å². The normalized spacial score (nSPS) is 22.1. The number of nitrogens with one attached hydrogen (secondary N) is 1. The van der Waals surface area contributed by atoms with Gasteiger partial charge in [-0.05, 0) is 30.9 Å². The first-order valence-electron chi connectivity index (χ1n) is 6.57. The van der Waals surface area contributed by atoms with Crippen molar-refractivity contribution in [2.45, 2.75) is 32.1 Å². The molecule has 0 radical (unpaired) electrons. The molecule has 18 heavy (non-hydrogen) atoms. The van der Waals surface area contributed by atoms with Crippen LogP contribution in [0.3, 0.4) is 0 Å². The topological polar surface area (TPSA) is 29.1 Å². The van der Waals surface area contributed by atoms with E-state index >= 15 is 0 Å². The summed E-state index contributed by atoms with van der Waals surface area (Å²) in [7, 11) is 0. The number of rotatable bonds is 1. The summed E-state index contributed by atoms with van der Waals surface area (Å²) in [5.74, 6) is 0.568. The quantitative estimate of drug-likeness (QED) is 0.752. The lowest BCUT2D eigenvalue weighted by Crippen LogP contribution is -2.08. The zero-order chi connectivity index (χ0) is 12.5. The number of allylic oxidation sites excluding steroid dienone is 1. The summed E-state index contributed by atoms with van der Waals surface area (Å²) in [5.41, 5.74) is 2.66. The molecule has 0 atom stereocenters. The van der Waals surface area contributed by atoms with E-state index in [2.05, 4.69) is 11.4 Å². The van der Waals surface area contributed by atoms with Gasteiger partial charge in [0.15, 0.2) is 0 Å². The van der Waals surface area contributed by atoms with E-state index in [0.717, 1.165) is 16.8 Å². The maximum Gasteiger partial charge on any atom is 0.256 e. The smallest absolute Gasteiger partial charge is 0.256 e. The van der Waals surface area contributed by atoms with Gasteiger partial charge in [0.1, 0.15) is 0 Å². The van der Waals surface area contributed by atoms with Gasteiger partial charge in [0.2, 0.25) is 0 Å². The number of benzene rings is 1. The van der Waals surface area contributed by atoms with E-state index < -0.39 is 0 Å². The summed E-state index contributed by atoms with van der Waals surface area (Å²) in [4.78, 5) is 12.0. The van der Waals surface area contributed by atoms with Crippen molar-refractivity contribution in [3.8, 4) is 0 Å². The van der Waals surface area contributed by atoms with Crippen LogP contribution in [0.2, 0.25) is 5.02 Å². The monoisotopic (exact) mass is 261 g/mol. The summed E-state index contributed by atoms with van der Waals surface area (Å²) in [6, 6.07) is 5.59. The molecule has 1 aromatic rings. The van der Waals surface area contributed by atoms with Crippen molar-refractivity contribution in [2.24, 2.45) is 5.92 Å². The van der Waals surface area contributed by atoms with Gasteiger partial charge in [-0.1, -0.05) is 43.0 Å². The van der Waals surface area contributed by atoms with E-state index in [4.69, 9.17) is 11.6 Å². The van der Waals surface area contributed by atoms with Crippen molar-refractivity contribution in [3.63, 3.8) is 0 Å². The first-order chi connectivity index (χ1) is 8.74. The van der Waals surface area contributed by atoms with Crippen LogP contribution in [0.25, 0.3) is 5.57 Å². The Kier molecular flexibility index (Phi) is 3.13. The van der Waals surface area contributed by atoms with Crippen LogP contribution in [0.5, 0.6) is 0 Å². The van der Waals surface area contributed by atoms with E-state index in [1.165, 1.54) is 32.1 Å². The number of halogens is 1. The molecule has 0 saturated heterocycles. The Hall–Kier alpha value is -1.28. The molecule has 1 aromatic carbocycles. The molecule has 1 heterocycles. The molecule has 1 N–H and O–H groups in total. The second-order valence-corrected chi connectivity index (χ2v) is 5.56. The van der Waals surface area contributed by atoms with Gasteiger partial charge in [0.25, 0.3) is 5.91 Å². The highest BCUT2D eigenvalue weighted by molar-refractivity contribution is 6.34. The first-order valence-corrected chi connectivity index (χ1v) is 6.95. The molecule has 2 aliphatic rings. The van der Waals surface area contributed by atoms with Gasteiger partial charge in [-0.25, -0.2) is 0 Å². The third kappa shape index (κ3) is 2.17. The lowest BCUT2D eigenvalue weighted by atomic mass is 9.87. The minimum absolute atomic E-state index is 0.0119. The number of hydrogen-bond acceptors (Lipinski definition) is 1. The van der Waals surface area contributed by atoms with Gasteiger partial charge in [0, 0.05) is 16.2 Å². The number of fused-ring (bicyclic) bond motifs is 1. The van der Waals surface area contributed by atoms with Crippen LogP contribution in [0.4, 0.5) is 5.69 Å². The first kappa shape index (κ1) is 11.8. The minimum Gasteiger partial charge on any atom is -0.321 e. The van der Waals surface area contributed by atoms with Crippen molar-refractivity contribution >= 4 is 28.8 Å². The minimum atomic E-state index is 0.0119. The highest BCUT2D eigenvalue weighted by Crippen LogP contribution is 2.36. The Labute approximate surface area is 112 Å². The number of anilines is 1. The number of hydrogen-bond donors (Lipinski definition) is 1. The lowest BCUT2D eigenvalue weighted by molar-refractivity contribution is -0.110. The van der Waals surface area contributed by atoms with Crippen molar-refractivity contribution in [1.82, 2.24) is 0 Å². The number of carbonyl (C=O) groups excluding carboxylic acids is 1. The summed E-state index contributed by atoms with van der Waals surface area (Å²) in [5, 5.41) is 3.55. The molecular weight excluding hydrogens is 246 g/mol. The van der Waals surface area contributed by atoms with Crippen LogP contribution >= 0.6 is 11.6 Å². The maximum atomic E-state index is 12.0. The Bertz CT molecular complexity index is 515. The second kappa shape index (κ2) is 4.77. The second-order valence-electron chi connectivity index (χ2n) is 5.12. The van der Waals surface area contributed by atoms with E-state index in [1.807, 2.05) is 18.2 Å². The van der Waals surface area contributed by atoms with Gasteiger partial charge < -0.3 is 5.32 Å². The molecule has 3 rings (SSSR count). The van der Waals surface area contributed by atoms with Crippen LogP contribution in [0.15, 0.2) is 24.3 Å². The Morgan fingerprint density at radius 1 is 1.22 bits per heavy atom. The molecular formula is C15H16ClNO. The molecule has 1 aliphatic carbocycles. The lowest BCUT2D eigenvalue weighted by Gasteiger charge is -2.18. The van der Waals surface area contributed by atoms with Crippen LogP contribution in [-0.4, -0.2) is 5.91 Å². The highest BCUT2D eigenvalue weighted by Gasteiger charge is 2.25. The van der Waals surface area contributed by atoms with E-state index in [0.29, 0.717) is 10.9 Å². The van der Waals surface area contributed by atoms with Crippen LogP contribution in [0.1, 0.15) is 37.7 Å². The molecule has 0 aromatic heterocycles. The van der Waals surface area contributed by atoms with Crippen LogP contribution in [0, 0.1) is 5.92 Å². The predicted octanol–water partition coefficient (Wildman–Crippen LogP) is 4.26. The molecule has 2 nitrogen and oxygen atoms in total. The largest absolute Gasteiger partial charge is 0.321 e. The van der Waals surface area contributed by atoms with Crippen molar-refractivity contribution in [2.75, 3.05) is 5.32 Å². The fourth-order valence-electron chi connectivity index (χ4n) is 2.87. The van der Waals surface area contributed by atoms with E-state index in [-0.39, 0.29) is 5.91 Å². The predicted molar refractivity (Wildman–Crippen MR) is 74.6 cm³/mol. The maximum absolute atomic E-state index is 12.0. The number of amides is 1. The summed E-state index contributed by atoms with van der Waals surface area (Å²) < 4.78 is 0. The van der Waals surface area contributed by atoms with Crippen LogP contribution in [-0.2, 0) is 4.79 Å². The van der Waals surface area contributed by atoms with Gasteiger partial charge in [0.05, 0.1) is 5.69 Å². The third-order valence-electron chi connectivity index (χ3n) is 3.82. The fraction of sp³-hybridized carbons (Fsp3) is 0.400. The zero-order valence-electron chi connectivity index (χ0n) is 10.2. The summed E-state index contributed by atoms with van der Waals surface area (Å²) >= 11 is 5.94. The molecule has 1 aliphatic heterocycles. The van der Waals surface area contributed by atoms with Crippen molar-refractivity contribution in [1.29, 1.82) is 0 Å². The average Bonchev–Trinajstić information content (AvgIpc) is 2.66. The SMILES string of the molecule is O=C1Nc2cc(Cl)ccc2C1=CC1CCCCC1. The molecule has 0 bridgehead atoms. The summed E-state index contributed by atoms with van der Waals surface area (Å²) in [6.07, 6.45) is 8.47. The summed E-state index contributed by atoms with van der Waals surface area (Å²) in [6.45, 7) is 0. The fourth-order valence-corrected chi connectivity index (χ4v) is 3.04. The molecule has 3 heteroatoms. The van der Waals surface area contributed by atoms with E-state index in [1.54, 1.807) is 0 Å². The molecule has 94 valence electrons. The van der Waals surface area contributed by atoms with E-state index in [9.17, 15) is 4.79 Å². The zero-order valence-corrected chi connectivity index (χ0v) is 11.0. The Morgan fingerprint density at radius 2 is 2.00 bits per heavy atom. The molecule has 1 amide bonds. The Balaban J connectivity index is 1.93. The number of carbonyl (C=O) groups is 1.